The van der Waals surface area contributed by atoms with E-state index in [9.17, 15) is 0 Å². The van der Waals surface area contributed by atoms with Crippen LogP contribution < -0.4 is 5.43 Å². The molecule has 0 saturated heterocycles. The number of allylic oxidation sites excluding steroid dienone is 3. The van der Waals surface area contributed by atoms with Crippen LogP contribution in [-0.2, 0) is 0 Å². The van der Waals surface area contributed by atoms with Crippen LogP contribution in [0.4, 0.5) is 0 Å². The Morgan fingerprint density at radius 3 is 3.08 bits per heavy atom. The van der Waals surface area contributed by atoms with Crippen molar-refractivity contribution >= 4 is 5.71 Å². The summed E-state index contributed by atoms with van der Waals surface area (Å²) >= 11 is 0. The molecule has 5 nitrogen and oxygen atoms in total. The molecule has 0 spiro atoms. The number of hydrogen-bond acceptors (Lipinski definition) is 5. The first kappa shape index (κ1) is 7.60. The van der Waals surface area contributed by atoms with Crippen LogP contribution in [0.3, 0.4) is 0 Å². The SMILES string of the molecule is C1=CNN=C(c2ccnnn2)C=C1. The maximum absolute atomic E-state index is 4.06. The normalized spacial score (nSPS) is 14.6. The van der Waals surface area contributed by atoms with E-state index in [1.54, 1.807) is 18.5 Å². The summed E-state index contributed by atoms with van der Waals surface area (Å²) < 4.78 is 0. The van der Waals surface area contributed by atoms with Crippen LogP contribution in [0, 0.1) is 0 Å². The van der Waals surface area contributed by atoms with Gasteiger partial charge in [-0.15, -0.1) is 10.2 Å². The van der Waals surface area contributed by atoms with Gasteiger partial charge in [0.25, 0.3) is 0 Å². The van der Waals surface area contributed by atoms with Gasteiger partial charge in [-0.25, -0.2) is 0 Å². The number of aromatic nitrogens is 3. The second-order valence-electron chi connectivity index (χ2n) is 2.35. The Labute approximate surface area is 74.9 Å². The third kappa shape index (κ3) is 1.76. The van der Waals surface area contributed by atoms with E-state index in [4.69, 9.17) is 0 Å². The Morgan fingerprint density at radius 2 is 2.23 bits per heavy atom. The van der Waals surface area contributed by atoms with Crippen molar-refractivity contribution in [1.29, 1.82) is 0 Å². The maximum Gasteiger partial charge on any atom is 0.116 e. The molecule has 1 aromatic rings. The molecule has 0 atom stereocenters. The Balaban J connectivity index is 2.32. The molecule has 0 fully saturated rings. The van der Waals surface area contributed by atoms with Crippen LogP contribution in [0.25, 0.3) is 0 Å². The number of nitrogens with one attached hydrogen (secondary N) is 1. The second-order valence-corrected chi connectivity index (χ2v) is 2.35. The molecule has 0 saturated carbocycles. The molecular weight excluding hydrogens is 166 g/mol. The van der Waals surface area contributed by atoms with E-state index < -0.39 is 0 Å². The Bertz CT molecular complexity index is 365. The summed E-state index contributed by atoms with van der Waals surface area (Å²) in [5, 5.41) is 15.0. The van der Waals surface area contributed by atoms with Gasteiger partial charge in [0.05, 0.1) is 6.20 Å². The van der Waals surface area contributed by atoms with Gasteiger partial charge in [-0.1, -0.05) is 6.08 Å². The summed E-state index contributed by atoms with van der Waals surface area (Å²) in [6.07, 6.45) is 8.89. The first-order chi connectivity index (χ1) is 6.47. The molecular formula is C8H7N5. The van der Waals surface area contributed by atoms with Gasteiger partial charge in [0, 0.05) is 6.20 Å². The van der Waals surface area contributed by atoms with Crippen LogP contribution >= 0.6 is 0 Å². The zero-order valence-electron chi connectivity index (χ0n) is 6.75. The number of nitrogens with zero attached hydrogens (tertiary/aromatic N) is 4. The van der Waals surface area contributed by atoms with Gasteiger partial charge in [0.15, 0.2) is 0 Å². The van der Waals surface area contributed by atoms with Crippen LogP contribution in [0.2, 0.25) is 0 Å². The summed E-state index contributed by atoms with van der Waals surface area (Å²) in [6.45, 7) is 0. The first-order valence-electron chi connectivity index (χ1n) is 3.78. The molecule has 64 valence electrons. The highest BCUT2D eigenvalue weighted by Crippen LogP contribution is 1.97. The quantitative estimate of drug-likeness (QED) is 0.661. The average Bonchev–Trinajstić information content (AvgIpc) is 2.47. The van der Waals surface area contributed by atoms with Crippen LogP contribution in [-0.4, -0.2) is 21.1 Å². The van der Waals surface area contributed by atoms with Crippen molar-refractivity contribution in [2.45, 2.75) is 0 Å². The Hall–Kier alpha value is -2.04. The molecule has 0 bridgehead atoms. The number of hydrazone groups is 1. The van der Waals surface area contributed by atoms with E-state index in [2.05, 4.69) is 25.9 Å². The van der Waals surface area contributed by atoms with Gasteiger partial charge in [0.1, 0.15) is 11.4 Å². The summed E-state index contributed by atoms with van der Waals surface area (Å²) in [7, 11) is 0. The lowest BCUT2D eigenvalue weighted by atomic mass is 10.2. The van der Waals surface area contributed by atoms with Gasteiger partial charge in [0.2, 0.25) is 0 Å². The van der Waals surface area contributed by atoms with Crippen molar-refractivity contribution in [3.05, 3.63) is 42.4 Å². The van der Waals surface area contributed by atoms with Gasteiger partial charge >= 0.3 is 0 Å². The van der Waals surface area contributed by atoms with Gasteiger partial charge < -0.3 is 0 Å². The monoisotopic (exact) mass is 173 g/mol. The summed E-state index contributed by atoms with van der Waals surface area (Å²) in [4.78, 5) is 0. The number of hydrogen-bond donors (Lipinski definition) is 1. The lowest BCUT2D eigenvalue weighted by Gasteiger charge is -1.96. The third-order valence-corrected chi connectivity index (χ3v) is 1.49. The van der Waals surface area contributed by atoms with Crippen molar-refractivity contribution in [2.75, 3.05) is 0 Å². The highest BCUT2D eigenvalue weighted by Gasteiger charge is 2.01. The van der Waals surface area contributed by atoms with Crippen molar-refractivity contribution in [1.82, 2.24) is 20.8 Å². The molecule has 0 unspecified atom stereocenters. The summed E-state index contributed by atoms with van der Waals surface area (Å²) in [6, 6.07) is 1.75. The minimum atomic E-state index is 0.697. The van der Waals surface area contributed by atoms with Crippen molar-refractivity contribution in [3.63, 3.8) is 0 Å². The lowest BCUT2D eigenvalue weighted by molar-refractivity contribution is 0.854. The zero-order valence-corrected chi connectivity index (χ0v) is 6.75. The Kier molecular flexibility index (Phi) is 2.09. The fraction of sp³-hybridized carbons (Fsp3) is 0. The highest BCUT2D eigenvalue weighted by atomic mass is 15.3. The average molecular weight is 173 g/mol. The van der Waals surface area contributed by atoms with Crippen LogP contribution in [0.15, 0.2) is 41.8 Å². The zero-order chi connectivity index (χ0) is 8.93. The molecule has 1 aliphatic heterocycles. The van der Waals surface area contributed by atoms with E-state index in [1.165, 1.54) is 0 Å². The summed E-state index contributed by atoms with van der Waals surface area (Å²) in [5.41, 5.74) is 4.19. The molecule has 1 N–H and O–H groups in total. The minimum absolute atomic E-state index is 0.697. The lowest BCUT2D eigenvalue weighted by Crippen LogP contribution is -2.06. The standard InChI is InChI=1S/C8H7N5/c1-2-5-9-11-7(3-1)8-4-6-10-13-12-8/h1-6,9H. The molecule has 2 heterocycles. The van der Waals surface area contributed by atoms with Gasteiger partial charge in [-0.3, -0.25) is 5.43 Å². The van der Waals surface area contributed by atoms with E-state index in [-0.39, 0.29) is 0 Å². The van der Waals surface area contributed by atoms with Gasteiger partial charge in [-0.2, -0.15) is 5.10 Å². The predicted molar refractivity (Wildman–Crippen MR) is 47.8 cm³/mol. The maximum atomic E-state index is 4.06. The second kappa shape index (κ2) is 3.57. The topological polar surface area (TPSA) is 63.1 Å². The van der Waals surface area contributed by atoms with Crippen LogP contribution in [0.1, 0.15) is 5.69 Å². The van der Waals surface area contributed by atoms with E-state index in [0.29, 0.717) is 5.69 Å². The van der Waals surface area contributed by atoms with Crippen molar-refractivity contribution in [3.8, 4) is 0 Å². The molecule has 0 aliphatic carbocycles. The van der Waals surface area contributed by atoms with Crippen molar-refractivity contribution < 1.29 is 0 Å². The molecule has 0 aromatic carbocycles. The molecule has 0 radical (unpaired) electrons. The van der Waals surface area contributed by atoms with Crippen LogP contribution in [0.5, 0.6) is 0 Å². The molecule has 5 heteroatoms. The molecule has 1 aromatic heterocycles. The van der Waals surface area contributed by atoms with E-state index in [0.717, 1.165) is 5.71 Å². The van der Waals surface area contributed by atoms with E-state index in [1.807, 2.05) is 18.2 Å². The molecule has 2 rings (SSSR count). The first-order valence-corrected chi connectivity index (χ1v) is 3.78. The largest absolute Gasteiger partial charge is 0.285 e. The minimum Gasteiger partial charge on any atom is -0.285 e. The fourth-order valence-electron chi connectivity index (χ4n) is 0.910. The third-order valence-electron chi connectivity index (χ3n) is 1.49. The van der Waals surface area contributed by atoms with Gasteiger partial charge in [-0.05, 0) is 23.4 Å². The van der Waals surface area contributed by atoms with Crippen molar-refractivity contribution in [2.24, 2.45) is 5.10 Å². The molecule has 13 heavy (non-hydrogen) atoms. The summed E-state index contributed by atoms with van der Waals surface area (Å²) in [5.74, 6) is 0. The number of rotatable bonds is 1. The molecule has 1 aliphatic rings. The Morgan fingerprint density at radius 1 is 1.23 bits per heavy atom. The highest BCUT2D eigenvalue weighted by molar-refractivity contribution is 6.07. The van der Waals surface area contributed by atoms with E-state index >= 15 is 0 Å². The smallest absolute Gasteiger partial charge is 0.116 e. The fourth-order valence-corrected chi connectivity index (χ4v) is 0.910. The molecule has 0 amide bonds. The predicted octanol–water partition coefficient (Wildman–Crippen LogP) is 0.249.